The first-order valence-corrected chi connectivity index (χ1v) is 12.3. The van der Waals surface area contributed by atoms with Crippen molar-refractivity contribution in [2.45, 2.75) is 20.8 Å². The van der Waals surface area contributed by atoms with E-state index in [0.29, 0.717) is 33.9 Å². The number of hydrogen-bond acceptors (Lipinski definition) is 6. The van der Waals surface area contributed by atoms with Crippen molar-refractivity contribution in [1.29, 1.82) is 0 Å². The quantitative estimate of drug-likeness (QED) is 0.150. The SMILES string of the molecule is CCOC(=O)C(=O)Nc1cc(C)c(Oc2ccc(O)c(NC(=O)c3ccc(-c4ccccc4)cc3)c2)c(C)c1. The van der Waals surface area contributed by atoms with Crippen LogP contribution in [0.25, 0.3) is 11.1 Å². The van der Waals surface area contributed by atoms with Crippen LogP contribution in [0.4, 0.5) is 11.4 Å². The predicted octanol–water partition coefficient (Wildman–Crippen LogP) is 6.22. The highest BCUT2D eigenvalue weighted by atomic mass is 16.5. The van der Waals surface area contributed by atoms with E-state index in [1.54, 1.807) is 51.1 Å². The van der Waals surface area contributed by atoms with Crippen molar-refractivity contribution in [1.82, 2.24) is 0 Å². The number of phenolic OH excluding ortho intramolecular Hbond substituents is 1. The van der Waals surface area contributed by atoms with Gasteiger partial charge >= 0.3 is 11.9 Å². The number of esters is 1. The normalized spacial score (nSPS) is 10.4. The Labute approximate surface area is 226 Å². The first-order chi connectivity index (χ1) is 18.7. The van der Waals surface area contributed by atoms with Gasteiger partial charge in [-0.3, -0.25) is 9.59 Å². The van der Waals surface area contributed by atoms with Crippen molar-refractivity contribution in [2.24, 2.45) is 0 Å². The maximum Gasteiger partial charge on any atom is 0.397 e. The first-order valence-electron chi connectivity index (χ1n) is 12.3. The molecule has 8 heteroatoms. The predicted molar refractivity (Wildman–Crippen MR) is 149 cm³/mol. The molecule has 3 N–H and O–H groups in total. The van der Waals surface area contributed by atoms with Crippen molar-refractivity contribution in [3.63, 3.8) is 0 Å². The van der Waals surface area contributed by atoms with Gasteiger partial charge in [0.05, 0.1) is 12.3 Å². The molecule has 0 heterocycles. The molecule has 4 aromatic rings. The van der Waals surface area contributed by atoms with Gasteiger partial charge in [-0.15, -0.1) is 0 Å². The topological polar surface area (TPSA) is 114 Å². The van der Waals surface area contributed by atoms with Crippen LogP contribution in [-0.4, -0.2) is 29.5 Å². The molecule has 2 amide bonds. The second-order valence-electron chi connectivity index (χ2n) is 8.79. The average molecular weight is 525 g/mol. The van der Waals surface area contributed by atoms with Crippen LogP contribution in [0.5, 0.6) is 17.2 Å². The zero-order valence-electron chi connectivity index (χ0n) is 21.8. The number of anilines is 2. The molecule has 4 aromatic carbocycles. The Hall–Kier alpha value is -5.11. The Kier molecular flexibility index (Phi) is 8.26. The zero-order chi connectivity index (χ0) is 27.9. The Bertz CT molecular complexity index is 1490. The van der Waals surface area contributed by atoms with Gasteiger partial charge in [0.1, 0.15) is 17.2 Å². The van der Waals surface area contributed by atoms with Crippen molar-refractivity contribution in [3.8, 4) is 28.4 Å². The standard InChI is InChI=1S/C31H28N2O6/c1-4-38-31(37)30(36)32-24-16-19(2)28(20(3)17-24)39-25-14-15-27(34)26(18-25)33-29(35)23-12-10-22(11-13-23)21-8-6-5-7-9-21/h5-18,34H,4H2,1-3H3,(H,32,36)(H,33,35). The summed E-state index contributed by atoms with van der Waals surface area (Å²) in [6.45, 7) is 5.32. The minimum absolute atomic E-state index is 0.104. The summed E-state index contributed by atoms with van der Waals surface area (Å²) in [6, 6.07) is 24.9. The molecular weight excluding hydrogens is 496 g/mol. The van der Waals surface area contributed by atoms with Crippen LogP contribution >= 0.6 is 0 Å². The summed E-state index contributed by atoms with van der Waals surface area (Å²) in [6.07, 6.45) is 0. The van der Waals surface area contributed by atoms with Gasteiger partial charge in [-0.1, -0.05) is 42.5 Å². The molecule has 0 aliphatic rings. The Morgan fingerprint density at radius 1 is 0.795 bits per heavy atom. The van der Waals surface area contributed by atoms with Crippen LogP contribution in [-0.2, 0) is 14.3 Å². The lowest BCUT2D eigenvalue weighted by Crippen LogP contribution is -2.25. The maximum atomic E-state index is 12.9. The van der Waals surface area contributed by atoms with Crippen molar-refractivity contribution in [3.05, 3.63) is 102 Å². The second kappa shape index (κ2) is 12.0. The molecule has 0 aliphatic heterocycles. The molecule has 39 heavy (non-hydrogen) atoms. The molecule has 0 bridgehead atoms. The highest BCUT2D eigenvalue weighted by Gasteiger charge is 2.17. The minimum atomic E-state index is -0.959. The van der Waals surface area contributed by atoms with Crippen LogP contribution in [0.15, 0.2) is 84.9 Å². The molecule has 0 unspecified atom stereocenters. The van der Waals surface area contributed by atoms with E-state index in [9.17, 15) is 19.5 Å². The second-order valence-corrected chi connectivity index (χ2v) is 8.79. The van der Waals surface area contributed by atoms with Gasteiger partial charge in [0, 0.05) is 17.3 Å². The lowest BCUT2D eigenvalue weighted by molar-refractivity contribution is -0.152. The highest BCUT2D eigenvalue weighted by Crippen LogP contribution is 2.35. The van der Waals surface area contributed by atoms with Crippen LogP contribution in [0.1, 0.15) is 28.4 Å². The Morgan fingerprint density at radius 3 is 2.08 bits per heavy atom. The third-order valence-electron chi connectivity index (χ3n) is 5.87. The number of ether oxygens (including phenoxy) is 2. The Balaban J connectivity index is 1.47. The summed E-state index contributed by atoms with van der Waals surface area (Å²) in [7, 11) is 0. The van der Waals surface area contributed by atoms with E-state index in [1.165, 1.54) is 12.1 Å². The fraction of sp³-hybridized carbons (Fsp3) is 0.129. The fourth-order valence-electron chi connectivity index (χ4n) is 4.00. The third kappa shape index (κ3) is 6.61. The summed E-state index contributed by atoms with van der Waals surface area (Å²) < 4.78 is 10.8. The lowest BCUT2D eigenvalue weighted by atomic mass is 10.0. The molecule has 0 aromatic heterocycles. The number of aromatic hydroxyl groups is 1. The number of carbonyl (C=O) groups excluding carboxylic acids is 3. The number of aryl methyl sites for hydroxylation is 2. The van der Waals surface area contributed by atoms with Gasteiger partial charge in [0.25, 0.3) is 5.91 Å². The van der Waals surface area contributed by atoms with Crippen molar-refractivity contribution >= 4 is 29.2 Å². The largest absolute Gasteiger partial charge is 0.506 e. The third-order valence-corrected chi connectivity index (χ3v) is 5.87. The number of nitrogens with one attached hydrogen (secondary N) is 2. The van der Waals surface area contributed by atoms with Crippen LogP contribution in [0.2, 0.25) is 0 Å². The van der Waals surface area contributed by atoms with Gasteiger partial charge in [-0.05, 0) is 79.4 Å². The van der Waals surface area contributed by atoms with Gasteiger partial charge in [0.2, 0.25) is 0 Å². The number of phenols is 1. The lowest BCUT2D eigenvalue weighted by Gasteiger charge is -2.15. The summed E-state index contributed by atoms with van der Waals surface area (Å²) in [5, 5.41) is 15.6. The first kappa shape index (κ1) is 26.9. The average Bonchev–Trinajstić information content (AvgIpc) is 2.93. The zero-order valence-corrected chi connectivity index (χ0v) is 21.8. The summed E-state index contributed by atoms with van der Waals surface area (Å²) in [4.78, 5) is 36.5. The fourth-order valence-corrected chi connectivity index (χ4v) is 4.00. The summed E-state index contributed by atoms with van der Waals surface area (Å²) in [5.41, 5.74) is 4.49. The molecule has 0 aliphatic carbocycles. The smallest absolute Gasteiger partial charge is 0.397 e. The molecule has 0 radical (unpaired) electrons. The van der Waals surface area contributed by atoms with E-state index < -0.39 is 11.9 Å². The molecule has 0 saturated heterocycles. The molecule has 0 atom stereocenters. The monoisotopic (exact) mass is 524 g/mol. The number of amides is 2. The van der Waals surface area contributed by atoms with Gasteiger partial charge in [-0.2, -0.15) is 0 Å². The van der Waals surface area contributed by atoms with Crippen molar-refractivity contribution < 1.29 is 29.0 Å². The maximum absolute atomic E-state index is 12.9. The number of rotatable bonds is 7. The molecule has 8 nitrogen and oxygen atoms in total. The molecule has 0 saturated carbocycles. The van der Waals surface area contributed by atoms with E-state index in [0.717, 1.165) is 11.1 Å². The Morgan fingerprint density at radius 2 is 1.44 bits per heavy atom. The number of carbonyl (C=O) groups is 3. The van der Waals surface area contributed by atoms with Crippen LogP contribution < -0.4 is 15.4 Å². The van der Waals surface area contributed by atoms with Crippen LogP contribution in [0, 0.1) is 13.8 Å². The molecule has 198 valence electrons. The number of hydrogen-bond donors (Lipinski definition) is 3. The van der Waals surface area contributed by atoms with E-state index in [4.69, 9.17) is 9.47 Å². The van der Waals surface area contributed by atoms with E-state index in [-0.39, 0.29) is 24.0 Å². The summed E-state index contributed by atoms with van der Waals surface area (Å²) in [5.74, 6) is -1.39. The highest BCUT2D eigenvalue weighted by molar-refractivity contribution is 6.37. The minimum Gasteiger partial charge on any atom is -0.506 e. The van der Waals surface area contributed by atoms with Crippen LogP contribution in [0.3, 0.4) is 0 Å². The molecule has 0 spiro atoms. The summed E-state index contributed by atoms with van der Waals surface area (Å²) >= 11 is 0. The molecule has 0 fully saturated rings. The van der Waals surface area contributed by atoms with E-state index in [2.05, 4.69) is 10.6 Å². The molecular formula is C31H28N2O6. The number of benzene rings is 4. The van der Waals surface area contributed by atoms with E-state index >= 15 is 0 Å². The van der Waals surface area contributed by atoms with E-state index in [1.807, 2.05) is 42.5 Å². The van der Waals surface area contributed by atoms with Gasteiger partial charge < -0.3 is 25.2 Å². The van der Waals surface area contributed by atoms with Crippen molar-refractivity contribution in [2.75, 3.05) is 17.2 Å². The van der Waals surface area contributed by atoms with Gasteiger partial charge in [-0.25, -0.2) is 4.79 Å². The molecule has 4 rings (SSSR count). The van der Waals surface area contributed by atoms with Gasteiger partial charge in [0.15, 0.2) is 0 Å².